The van der Waals surface area contributed by atoms with Crippen LogP contribution in [0.4, 0.5) is 0 Å². The van der Waals surface area contributed by atoms with Gasteiger partial charge in [-0.15, -0.1) is 10.2 Å². The number of fused-ring (bicyclic) bond motifs is 1. The predicted octanol–water partition coefficient (Wildman–Crippen LogP) is 4.94. The molecule has 2 aromatic heterocycles. The molecule has 2 aromatic carbocycles. The fourth-order valence-corrected chi connectivity index (χ4v) is 4.76. The molecule has 2 heterocycles. The Morgan fingerprint density at radius 3 is 2.68 bits per heavy atom. The van der Waals surface area contributed by atoms with Crippen LogP contribution in [0.25, 0.3) is 10.9 Å². The average Bonchev–Trinajstić information content (AvgIpc) is 3.13. The van der Waals surface area contributed by atoms with Crippen molar-refractivity contribution in [2.24, 2.45) is 0 Å². The molecule has 0 unspecified atom stereocenters. The first-order chi connectivity index (χ1) is 14.9. The van der Waals surface area contributed by atoms with E-state index in [2.05, 4.69) is 45.7 Å². The van der Waals surface area contributed by atoms with Gasteiger partial charge in [0, 0.05) is 23.8 Å². The topological polar surface area (TPSA) is 72.8 Å². The molecule has 0 aliphatic carbocycles. The van der Waals surface area contributed by atoms with Crippen LogP contribution < -0.4 is 10.3 Å². The van der Waals surface area contributed by atoms with E-state index in [4.69, 9.17) is 4.74 Å². The lowest BCUT2D eigenvalue weighted by Crippen LogP contribution is -2.08. The van der Waals surface area contributed by atoms with Gasteiger partial charge < -0.3 is 14.3 Å². The van der Waals surface area contributed by atoms with Crippen molar-refractivity contribution in [2.75, 3.05) is 0 Å². The number of thioether (sulfide) groups is 1. The molecule has 1 N–H and O–H groups in total. The summed E-state index contributed by atoms with van der Waals surface area (Å²) < 4.78 is 7.98. The molecule has 0 saturated carbocycles. The van der Waals surface area contributed by atoms with E-state index < -0.39 is 0 Å². The number of benzene rings is 2. The summed E-state index contributed by atoms with van der Waals surface area (Å²) in [5.41, 5.74) is 5.22. The van der Waals surface area contributed by atoms with Crippen molar-refractivity contribution in [1.29, 1.82) is 0 Å². The Hall–Kier alpha value is -3.06. The highest BCUT2D eigenvalue weighted by Crippen LogP contribution is 2.27. The largest absolute Gasteiger partial charge is 0.486 e. The van der Waals surface area contributed by atoms with Crippen molar-refractivity contribution in [1.82, 2.24) is 19.7 Å². The number of hydrogen-bond acceptors (Lipinski definition) is 5. The number of aromatic nitrogens is 4. The molecule has 0 aliphatic rings. The number of rotatable bonds is 7. The number of nitrogens with one attached hydrogen (secondary N) is 1. The summed E-state index contributed by atoms with van der Waals surface area (Å²) in [5.74, 6) is 2.25. The van der Waals surface area contributed by atoms with Crippen LogP contribution >= 0.6 is 11.8 Å². The van der Waals surface area contributed by atoms with E-state index in [1.165, 1.54) is 5.56 Å². The minimum absolute atomic E-state index is 0.0840. The summed E-state index contributed by atoms with van der Waals surface area (Å²) in [6, 6.07) is 13.9. The fourth-order valence-electron chi connectivity index (χ4n) is 3.75. The van der Waals surface area contributed by atoms with E-state index in [1.54, 1.807) is 17.8 Å². The predicted molar refractivity (Wildman–Crippen MR) is 125 cm³/mol. The monoisotopic (exact) mass is 434 g/mol. The Bertz CT molecular complexity index is 1290. The normalized spacial score (nSPS) is 11.2. The summed E-state index contributed by atoms with van der Waals surface area (Å²) in [7, 11) is 0. The lowest BCUT2D eigenvalue weighted by atomic mass is 10.0. The Morgan fingerprint density at radius 2 is 1.90 bits per heavy atom. The maximum atomic E-state index is 12.2. The molecule has 0 atom stereocenters. The molecule has 4 aromatic rings. The van der Waals surface area contributed by atoms with Gasteiger partial charge in [-0.05, 0) is 62.6 Å². The number of aromatic amines is 1. The highest BCUT2D eigenvalue weighted by Gasteiger charge is 2.14. The van der Waals surface area contributed by atoms with Gasteiger partial charge in [0.2, 0.25) is 5.56 Å². The van der Waals surface area contributed by atoms with Crippen LogP contribution in [-0.4, -0.2) is 19.7 Å². The van der Waals surface area contributed by atoms with Crippen LogP contribution in [0.1, 0.15) is 35.0 Å². The third-order valence-electron chi connectivity index (χ3n) is 5.20. The van der Waals surface area contributed by atoms with Gasteiger partial charge in [0.15, 0.2) is 11.0 Å². The lowest BCUT2D eigenvalue weighted by molar-refractivity contribution is 0.288. The van der Waals surface area contributed by atoms with E-state index in [1.807, 2.05) is 38.1 Å². The molecule has 7 heteroatoms. The summed E-state index contributed by atoms with van der Waals surface area (Å²) in [4.78, 5) is 15.2. The van der Waals surface area contributed by atoms with Crippen molar-refractivity contribution in [3.63, 3.8) is 0 Å². The molecule has 0 saturated heterocycles. The second kappa shape index (κ2) is 8.98. The summed E-state index contributed by atoms with van der Waals surface area (Å²) >= 11 is 1.59. The number of pyridine rings is 1. The molecule has 6 nitrogen and oxygen atoms in total. The highest BCUT2D eigenvalue weighted by molar-refractivity contribution is 7.98. The molecule has 0 aliphatic heterocycles. The molecule has 4 rings (SSSR count). The lowest BCUT2D eigenvalue weighted by Gasteiger charge is -2.11. The number of ether oxygens (including phenoxy) is 1. The third-order valence-corrected chi connectivity index (χ3v) is 6.22. The SMILES string of the molecule is CCn1c(COc2cccc(C)c2)nnc1SCc1cc(=O)[nH]c2c(C)cc(C)cc12. The Morgan fingerprint density at radius 1 is 1.06 bits per heavy atom. The molecule has 0 fully saturated rings. The van der Waals surface area contributed by atoms with E-state index in [9.17, 15) is 4.79 Å². The second-order valence-electron chi connectivity index (χ2n) is 7.70. The van der Waals surface area contributed by atoms with Gasteiger partial charge in [-0.25, -0.2) is 0 Å². The quantitative estimate of drug-likeness (QED) is 0.417. The zero-order chi connectivity index (χ0) is 22.0. The van der Waals surface area contributed by atoms with Crippen molar-refractivity contribution >= 4 is 22.7 Å². The fraction of sp³-hybridized carbons (Fsp3) is 0.292. The Kier molecular flexibility index (Phi) is 6.13. The molecule has 0 spiro atoms. The first-order valence-electron chi connectivity index (χ1n) is 10.3. The van der Waals surface area contributed by atoms with Crippen LogP contribution in [0.15, 0.2) is 52.4 Å². The number of nitrogens with zero attached hydrogens (tertiary/aromatic N) is 3. The van der Waals surface area contributed by atoms with E-state index in [-0.39, 0.29) is 5.56 Å². The maximum absolute atomic E-state index is 12.2. The van der Waals surface area contributed by atoms with Gasteiger partial charge >= 0.3 is 0 Å². The molecule has 160 valence electrons. The molecule has 0 bridgehead atoms. The van der Waals surface area contributed by atoms with Gasteiger partial charge in [-0.2, -0.15) is 0 Å². The van der Waals surface area contributed by atoms with Crippen LogP contribution in [-0.2, 0) is 18.9 Å². The number of hydrogen-bond donors (Lipinski definition) is 1. The maximum Gasteiger partial charge on any atom is 0.248 e. The Labute approximate surface area is 185 Å². The van der Waals surface area contributed by atoms with E-state index in [0.29, 0.717) is 12.4 Å². The third kappa shape index (κ3) is 4.66. The summed E-state index contributed by atoms with van der Waals surface area (Å²) in [5, 5.41) is 10.6. The standard InChI is InChI=1S/C24H26N4O2S/c1-5-28-21(13-30-19-8-6-7-15(2)10-19)26-27-24(28)31-14-18-12-22(29)25-23-17(4)9-16(3)11-20(18)23/h6-12H,5,13-14H2,1-4H3,(H,25,29). The van der Waals surface area contributed by atoms with Gasteiger partial charge in [-0.3, -0.25) is 4.79 Å². The van der Waals surface area contributed by atoms with Crippen LogP contribution in [0.2, 0.25) is 0 Å². The van der Waals surface area contributed by atoms with Crippen LogP contribution in [0.3, 0.4) is 0 Å². The van der Waals surface area contributed by atoms with Crippen molar-refractivity contribution in [3.8, 4) is 5.75 Å². The first kappa shape index (κ1) is 21.2. The van der Waals surface area contributed by atoms with E-state index in [0.717, 1.165) is 50.9 Å². The minimum atomic E-state index is -0.0840. The average molecular weight is 435 g/mol. The van der Waals surface area contributed by atoms with Crippen molar-refractivity contribution in [2.45, 2.75) is 51.8 Å². The van der Waals surface area contributed by atoms with Gasteiger partial charge in [0.25, 0.3) is 0 Å². The number of H-pyrrole nitrogens is 1. The van der Waals surface area contributed by atoms with Crippen LogP contribution in [0, 0.1) is 20.8 Å². The van der Waals surface area contributed by atoms with Gasteiger partial charge in [0.1, 0.15) is 12.4 Å². The van der Waals surface area contributed by atoms with E-state index >= 15 is 0 Å². The number of aryl methyl sites for hydroxylation is 3. The zero-order valence-corrected chi connectivity index (χ0v) is 19.0. The Balaban J connectivity index is 1.55. The van der Waals surface area contributed by atoms with Crippen molar-refractivity contribution in [3.05, 3.63) is 80.9 Å². The summed E-state index contributed by atoms with van der Waals surface area (Å²) in [6.07, 6.45) is 0. The highest BCUT2D eigenvalue weighted by atomic mass is 32.2. The van der Waals surface area contributed by atoms with Crippen LogP contribution in [0.5, 0.6) is 5.75 Å². The molecule has 31 heavy (non-hydrogen) atoms. The molecular formula is C24H26N4O2S. The van der Waals surface area contributed by atoms with Gasteiger partial charge in [-0.1, -0.05) is 35.5 Å². The van der Waals surface area contributed by atoms with Crippen molar-refractivity contribution < 1.29 is 4.74 Å². The smallest absolute Gasteiger partial charge is 0.248 e. The first-order valence-corrected chi connectivity index (χ1v) is 11.3. The summed E-state index contributed by atoms with van der Waals surface area (Å²) in [6.45, 7) is 9.31. The zero-order valence-electron chi connectivity index (χ0n) is 18.2. The second-order valence-corrected chi connectivity index (χ2v) is 8.64. The molecule has 0 amide bonds. The minimum Gasteiger partial charge on any atom is -0.486 e. The molecular weight excluding hydrogens is 408 g/mol. The van der Waals surface area contributed by atoms with Gasteiger partial charge in [0.05, 0.1) is 5.52 Å². The molecule has 0 radical (unpaired) electrons.